The quantitative estimate of drug-likeness (QED) is 0.554. The smallest absolute Gasteiger partial charge is 0.248 e. The van der Waals surface area contributed by atoms with Crippen LogP contribution in [-0.4, -0.2) is 17.8 Å². The normalized spacial score (nSPS) is 11.2. The van der Waals surface area contributed by atoms with Gasteiger partial charge in [0.25, 0.3) is 0 Å². The van der Waals surface area contributed by atoms with Gasteiger partial charge in [-0.1, -0.05) is 26.7 Å². The van der Waals surface area contributed by atoms with Crippen molar-refractivity contribution >= 4 is 8.61 Å². The highest BCUT2D eigenvalue weighted by molar-refractivity contribution is 7.20. The molecule has 0 amide bonds. The first-order valence-corrected chi connectivity index (χ1v) is 5.19. The van der Waals surface area contributed by atoms with Crippen LogP contribution < -0.4 is 0 Å². The van der Waals surface area contributed by atoms with E-state index in [0.717, 1.165) is 25.9 Å². The Morgan fingerprint density at radius 1 is 1.09 bits per heavy atom. The molecule has 0 heterocycles. The first-order chi connectivity index (χ1) is 5.35. The maximum absolute atomic E-state index is 10.5. The number of unbranched alkanes of at least 4 members (excludes halogenated alkanes) is 2. The highest BCUT2D eigenvalue weighted by Crippen LogP contribution is 2.08. The van der Waals surface area contributed by atoms with E-state index in [1.165, 1.54) is 12.8 Å². The Hall–Kier alpha value is 0.0600. The van der Waals surface area contributed by atoms with Crippen molar-refractivity contribution in [2.75, 3.05) is 13.1 Å². The molecule has 0 aliphatic heterocycles. The molecular formula is C8H18NOP. The van der Waals surface area contributed by atoms with Gasteiger partial charge >= 0.3 is 0 Å². The second-order valence-electron chi connectivity index (χ2n) is 2.74. The standard InChI is InChI=1S/C8H18NOP/c1-3-5-7-9(11-10)8-6-4-2/h3-8H2,1-2H3. The molecule has 0 N–H and O–H groups in total. The average molecular weight is 175 g/mol. The molecule has 0 bridgehead atoms. The molecule has 0 rings (SSSR count). The molecule has 0 aromatic heterocycles. The molecule has 0 aliphatic rings. The zero-order chi connectivity index (χ0) is 8.53. The van der Waals surface area contributed by atoms with Gasteiger partial charge in [0.15, 0.2) is 0 Å². The van der Waals surface area contributed by atoms with Crippen molar-refractivity contribution in [3.05, 3.63) is 0 Å². The van der Waals surface area contributed by atoms with Crippen LogP contribution in [0.2, 0.25) is 0 Å². The highest BCUT2D eigenvalue weighted by Gasteiger charge is 2.00. The summed E-state index contributed by atoms with van der Waals surface area (Å²) in [4.78, 5) is 0. The molecule has 0 atom stereocenters. The van der Waals surface area contributed by atoms with Gasteiger partial charge in [-0.3, -0.25) is 4.57 Å². The number of nitrogens with zero attached hydrogens (tertiary/aromatic N) is 1. The fourth-order valence-corrected chi connectivity index (χ4v) is 1.32. The zero-order valence-corrected chi connectivity index (χ0v) is 8.44. The third-order valence-electron chi connectivity index (χ3n) is 1.66. The fourth-order valence-electron chi connectivity index (χ4n) is 0.875. The molecule has 0 saturated heterocycles. The molecule has 2 nitrogen and oxygen atoms in total. The summed E-state index contributed by atoms with van der Waals surface area (Å²) in [6.07, 6.45) is 4.66. The molecule has 11 heavy (non-hydrogen) atoms. The predicted molar refractivity (Wildman–Crippen MR) is 49.0 cm³/mol. The Kier molecular flexibility index (Phi) is 8.20. The number of hydrogen-bond acceptors (Lipinski definition) is 1. The van der Waals surface area contributed by atoms with E-state index in [0.29, 0.717) is 0 Å². The van der Waals surface area contributed by atoms with Gasteiger partial charge in [0.05, 0.1) is 0 Å². The predicted octanol–water partition coefficient (Wildman–Crippen LogP) is 3.10. The highest BCUT2D eigenvalue weighted by atomic mass is 31.1. The second kappa shape index (κ2) is 8.16. The molecule has 66 valence electrons. The molecule has 0 radical (unpaired) electrons. The van der Waals surface area contributed by atoms with Gasteiger partial charge in [-0.25, -0.2) is 4.67 Å². The molecule has 0 saturated carbocycles. The van der Waals surface area contributed by atoms with Crippen LogP contribution in [-0.2, 0) is 4.57 Å². The maximum Gasteiger partial charge on any atom is 0.248 e. The van der Waals surface area contributed by atoms with Crippen LogP contribution in [0.15, 0.2) is 0 Å². The largest absolute Gasteiger partial charge is 0.256 e. The van der Waals surface area contributed by atoms with Crippen molar-refractivity contribution in [3.63, 3.8) is 0 Å². The number of hydrogen-bond donors (Lipinski definition) is 0. The van der Waals surface area contributed by atoms with E-state index in [4.69, 9.17) is 0 Å². The minimum absolute atomic E-state index is 0.193. The molecule has 3 heteroatoms. The van der Waals surface area contributed by atoms with Crippen LogP contribution in [0.4, 0.5) is 0 Å². The minimum atomic E-state index is 0.193. The van der Waals surface area contributed by atoms with Crippen LogP contribution in [0.3, 0.4) is 0 Å². The molecule has 0 aromatic rings. The van der Waals surface area contributed by atoms with Gasteiger partial charge in [0.2, 0.25) is 8.61 Å². The van der Waals surface area contributed by atoms with Crippen LogP contribution in [0.5, 0.6) is 0 Å². The van der Waals surface area contributed by atoms with E-state index >= 15 is 0 Å². The van der Waals surface area contributed by atoms with Gasteiger partial charge in [-0.15, -0.1) is 0 Å². The lowest BCUT2D eigenvalue weighted by atomic mass is 10.3. The summed E-state index contributed by atoms with van der Waals surface area (Å²) in [7, 11) is 0.193. The molecule has 0 fully saturated rings. The Balaban J connectivity index is 3.33. The SMILES string of the molecule is CCCCN(CCCC)P=O. The van der Waals surface area contributed by atoms with Crippen LogP contribution >= 0.6 is 8.61 Å². The molecule has 0 unspecified atom stereocenters. The summed E-state index contributed by atoms with van der Waals surface area (Å²) in [5.41, 5.74) is 0. The Labute approximate surface area is 71.2 Å². The van der Waals surface area contributed by atoms with Gasteiger partial charge in [0, 0.05) is 13.1 Å². The molecule has 0 aromatic carbocycles. The summed E-state index contributed by atoms with van der Waals surface area (Å²) in [6, 6.07) is 0. The first kappa shape index (κ1) is 11.1. The van der Waals surface area contributed by atoms with Gasteiger partial charge in [-0.2, -0.15) is 0 Å². The van der Waals surface area contributed by atoms with Crippen molar-refractivity contribution < 1.29 is 4.57 Å². The molecular weight excluding hydrogens is 157 g/mol. The van der Waals surface area contributed by atoms with E-state index in [1.54, 1.807) is 0 Å². The summed E-state index contributed by atoms with van der Waals surface area (Å²) in [5, 5.41) is 0. The summed E-state index contributed by atoms with van der Waals surface area (Å²) in [6.45, 7) is 6.25. The van der Waals surface area contributed by atoms with E-state index in [1.807, 2.05) is 4.67 Å². The van der Waals surface area contributed by atoms with E-state index < -0.39 is 0 Å². The van der Waals surface area contributed by atoms with Crippen molar-refractivity contribution in [1.82, 2.24) is 4.67 Å². The Bertz CT molecular complexity index is 90.1. The summed E-state index contributed by atoms with van der Waals surface area (Å²) in [5.74, 6) is 0. The zero-order valence-electron chi connectivity index (χ0n) is 7.55. The van der Waals surface area contributed by atoms with Crippen LogP contribution in [0.1, 0.15) is 39.5 Å². The maximum atomic E-state index is 10.5. The number of rotatable bonds is 7. The van der Waals surface area contributed by atoms with E-state index in [-0.39, 0.29) is 8.61 Å². The van der Waals surface area contributed by atoms with Crippen molar-refractivity contribution in [2.45, 2.75) is 39.5 Å². The Morgan fingerprint density at radius 2 is 1.55 bits per heavy atom. The van der Waals surface area contributed by atoms with Crippen molar-refractivity contribution in [1.29, 1.82) is 0 Å². The van der Waals surface area contributed by atoms with Crippen LogP contribution in [0, 0.1) is 0 Å². The minimum Gasteiger partial charge on any atom is -0.256 e. The van der Waals surface area contributed by atoms with E-state index in [2.05, 4.69) is 13.8 Å². The van der Waals surface area contributed by atoms with Crippen molar-refractivity contribution in [2.24, 2.45) is 0 Å². The third-order valence-corrected chi connectivity index (χ3v) is 2.29. The first-order valence-electron chi connectivity index (χ1n) is 4.43. The van der Waals surface area contributed by atoms with Gasteiger partial charge in [-0.05, 0) is 12.8 Å². The summed E-state index contributed by atoms with van der Waals surface area (Å²) < 4.78 is 12.5. The van der Waals surface area contributed by atoms with Crippen LogP contribution in [0.25, 0.3) is 0 Å². The topological polar surface area (TPSA) is 20.3 Å². The molecule has 0 aliphatic carbocycles. The average Bonchev–Trinajstić information content (AvgIpc) is 2.05. The van der Waals surface area contributed by atoms with Crippen molar-refractivity contribution in [3.8, 4) is 0 Å². The monoisotopic (exact) mass is 175 g/mol. The second-order valence-corrected chi connectivity index (χ2v) is 3.47. The Morgan fingerprint density at radius 3 is 1.82 bits per heavy atom. The lowest BCUT2D eigenvalue weighted by molar-refractivity contribution is 0.417. The van der Waals surface area contributed by atoms with Gasteiger partial charge < -0.3 is 0 Å². The fraction of sp³-hybridized carbons (Fsp3) is 1.00. The lowest BCUT2D eigenvalue weighted by Crippen LogP contribution is -2.14. The van der Waals surface area contributed by atoms with Gasteiger partial charge in [0.1, 0.15) is 0 Å². The molecule has 0 spiro atoms. The van der Waals surface area contributed by atoms with E-state index in [9.17, 15) is 4.57 Å². The summed E-state index contributed by atoms with van der Waals surface area (Å²) >= 11 is 0. The lowest BCUT2D eigenvalue weighted by Gasteiger charge is -2.11. The third kappa shape index (κ3) is 6.46.